The molecule has 6 heteroatoms. The smallest absolute Gasteiger partial charge is 0.306 e. The van der Waals surface area contributed by atoms with Gasteiger partial charge in [-0.1, -0.05) is 298 Å². The fraction of sp³-hybridized carbons (Fsp3) is 0.950. The molecule has 6 nitrogen and oxygen atoms in total. The summed E-state index contributed by atoms with van der Waals surface area (Å²) in [6.07, 6.45) is 56.7. The van der Waals surface area contributed by atoms with Gasteiger partial charge >= 0.3 is 17.9 Å². The molecule has 0 amide bonds. The Morgan fingerprint density at radius 2 is 0.500 bits per heavy atom. The lowest BCUT2D eigenvalue weighted by Gasteiger charge is -2.18. The Balaban J connectivity index is 4.22. The lowest BCUT2D eigenvalue weighted by atomic mass is 10.0. The van der Waals surface area contributed by atoms with Crippen LogP contribution in [0.2, 0.25) is 0 Å². The maximum atomic E-state index is 12.8. The summed E-state index contributed by atoms with van der Waals surface area (Å²) in [6.45, 7) is 11.4. The molecule has 392 valence electrons. The Hall–Kier alpha value is -1.59. The van der Waals surface area contributed by atoms with Gasteiger partial charge in [-0.3, -0.25) is 14.4 Å². The highest BCUT2D eigenvalue weighted by molar-refractivity contribution is 5.71. The van der Waals surface area contributed by atoms with Crippen molar-refractivity contribution < 1.29 is 28.6 Å². The molecule has 0 saturated heterocycles. The van der Waals surface area contributed by atoms with E-state index in [4.69, 9.17) is 14.2 Å². The van der Waals surface area contributed by atoms with Crippen LogP contribution in [-0.2, 0) is 28.6 Å². The molecule has 0 fully saturated rings. The molecule has 0 aliphatic rings. The fourth-order valence-electron chi connectivity index (χ4n) is 9.23. The van der Waals surface area contributed by atoms with Crippen LogP contribution in [0.5, 0.6) is 0 Å². The van der Waals surface area contributed by atoms with Crippen LogP contribution in [0.25, 0.3) is 0 Å². The quantitative estimate of drug-likeness (QED) is 0.0343. The van der Waals surface area contributed by atoms with Crippen LogP contribution >= 0.6 is 0 Å². The third kappa shape index (κ3) is 53.4. The van der Waals surface area contributed by atoms with E-state index >= 15 is 0 Å². The van der Waals surface area contributed by atoms with Gasteiger partial charge in [-0.05, 0) is 31.1 Å². The van der Waals surface area contributed by atoms with Crippen molar-refractivity contribution in [1.29, 1.82) is 0 Å². The van der Waals surface area contributed by atoms with Crippen LogP contribution in [0.4, 0.5) is 0 Å². The molecule has 0 spiro atoms. The van der Waals surface area contributed by atoms with Crippen LogP contribution < -0.4 is 0 Å². The average Bonchev–Trinajstić information content (AvgIpc) is 3.29. The number of hydrogen-bond donors (Lipinski definition) is 0. The van der Waals surface area contributed by atoms with Crippen molar-refractivity contribution in [3.05, 3.63) is 0 Å². The Kier molecular flexibility index (Phi) is 51.5. The highest BCUT2D eigenvalue weighted by atomic mass is 16.6. The maximum absolute atomic E-state index is 12.8. The first-order valence-electron chi connectivity index (χ1n) is 29.7. The van der Waals surface area contributed by atoms with Gasteiger partial charge in [0, 0.05) is 19.3 Å². The van der Waals surface area contributed by atoms with E-state index in [2.05, 4.69) is 34.6 Å². The maximum Gasteiger partial charge on any atom is 0.306 e. The van der Waals surface area contributed by atoms with E-state index in [0.29, 0.717) is 19.3 Å². The number of ether oxygens (including phenoxy) is 3. The number of carbonyl (C=O) groups excluding carboxylic acids is 3. The topological polar surface area (TPSA) is 78.9 Å². The second-order valence-electron chi connectivity index (χ2n) is 21.6. The van der Waals surface area contributed by atoms with E-state index in [1.54, 1.807) is 0 Å². The minimum Gasteiger partial charge on any atom is -0.462 e. The molecule has 0 heterocycles. The van der Waals surface area contributed by atoms with Gasteiger partial charge in [-0.2, -0.15) is 0 Å². The highest BCUT2D eigenvalue weighted by Gasteiger charge is 2.19. The Labute approximate surface area is 412 Å². The number of rotatable bonds is 54. The molecular weight excluding hydrogens is 817 g/mol. The van der Waals surface area contributed by atoms with Crippen LogP contribution in [0, 0.1) is 11.8 Å². The van der Waals surface area contributed by atoms with Crippen LogP contribution in [-0.4, -0.2) is 37.2 Å². The normalized spacial score (nSPS) is 12.0. The van der Waals surface area contributed by atoms with Crippen LogP contribution in [0.15, 0.2) is 0 Å². The standard InChI is InChI=1S/C60H116O6/c1-6-7-8-9-10-11-12-25-32-37-42-47-52-60(63)66-57(54-65-59(62)51-46-41-36-31-27-22-21-24-29-34-39-44-49-56(4)5)53-64-58(61)50-45-40-35-30-26-20-18-16-14-13-15-17-19-23-28-33-38-43-48-55(2)3/h55-57H,6-54H2,1-5H3/t57-/m1/s1. The van der Waals surface area contributed by atoms with Gasteiger partial charge in [0.05, 0.1) is 0 Å². The van der Waals surface area contributed by atoms with Crippen LogP contribution in [0.3, 0.4) is 0 Å². The zero-order valence-corrected chi connectivity index (χ0v) is 45.3. The van der Waals surface area contributed by atoms with Crippen molar-refractivity contribution >= 4 is 17.9 Å². The molecule has 0 aliphatic carbocycles. The van der Waals surface area contributed by atoms with Gasteiger partial charge in [0.15, 0.2) is 6.10 Å². The summed E-state index contributed by atoms with van der Waals surface area (Å²) < 4.78 is 16.9. The first-order chi connectivity index (χ1) is 32.2. The molecule has 66 heavy (non-hydrogen) atoms. The second-order valence-corrected chi connectivity index (χ2v) is 21.6. The summed E-state index contributed by atoms with van der Waals surface area (Å²) in [6, 6.07) is 0. The molecule has 0 radical (unpaired) electrons. The van der Waals surface area contributed by atoms with E-state index in [1.807, 2.05) is 0 Å². The third-order valence-corrected chi connectivity index (χ3v) is 13.7. The molecule has 1 atom stereocenters. The first-order valence-corrected chi connectivity index (χ1v) is 29.7. The predicted molar refractivity (Wildman–Crippen MR) is 284 cm³/mol. The van der Waals surface area contributed by atoms with Gasteiger partial charge in [-0.25, -0.2) is 0 Å². The molecule has 0 unspecified atom stereocenters. The summed E-state index contributed by atoms with van der Waals surface area (Å²) in [7, 11) is 0. The number of carbonyl (C=O) groups is 3. The monoisotopic (exact) mass is 933 g/mol. The number of unbranched alkanes of at least 4 members (excludes halogenated alkanes) is 39. The molecule has 0 aromatic carbocycles. The highest BCUT2D eigenvalue weighted by Crippen LogP contribution is 2.18. The van der Waals surface area contributed by atoms with E-state index in [-0.39, 0.29) is 31.1 Å². The zero-order valence-electron chi connectivity index (χ0n) is 45.3. The van der Waals surface area contributed by atoms with Crippen molar-refractivity contribution in [3.8, 4) is 0 Å². The van der Waals surface area contributed by atoms with Gasteiger partial charge < -0.3 is 14.2 Å². The molecule has 0 N–H and O–H groups in total. The fourth-order valence-corrected chi connectivity index (χ4v) is 9.23. The van der Waals surface area contributed by atoms with Gasteiger partial charge in [0.1, 0.15) is 13.2 Å². The van der Waals surface area contributed by atoms with Crippen molar-refractivity contribution in [2.45, 2.75) is 343 Å². The lowest BCUT2D eigenvalue weighted by molar-refractivity contribution is -0.167. The summed E-state index contributed by atoms with van der Waals surface area (Å²) in [5.74, 6) is 0.855. The first kappa shape index (κ1) is 64.4. The molecule has 0 aliphatic heterocycles. The second kappa shape index (κ2) is 52.8. The Morgan fingerprint density at radius 3 is 0.742 bits per heavy atom. The Bertz CT molecular complexity index is 1010. The van der Waals surface area contributed by atoms with E-state index in [9.17, 15) is 14.4 Å². The summed E-state index contributed by atoms with van der Waals surface area (Å²) in [5.41, 5.74) is 0. The molecule has 0 aromatic heterocycles. The largest absolute Gasteiger partial charge is 0.462 e. The number of hydrogen-bond acceptors (Lipinski definition) is 6. The van der Waals surface area contributed by atoms with E-state index in [0.717, 1.165) is 69.6 Å². The summed E-state index contributed by atoms with van der Waals surface area (Å²) in [4.78, 5) is 38.1. The number of esters is 3. The van der Waals surface area contributed by atoms with Crippen molar-refractivity contribution in [2.75, 3.05) is 13.2 Å². The lowest BCUT2D eigenvalue weighted by Crippen LogP contribution is -2.30. The minimum atomic E-state index is -0.762. The van der Waals surface area contributed by atoms with Gasteiger partial charge in [-0.15, -0.1) is 0 Å². The zero-order chi connectivity index (χ0) is 48.2. The molecule has 0 bridgehead atoms. The minimum absolute atomic E-state index is 0.0624. The van der Waals surface area contributed by atoms with E-state index in [1.165, 1.54) is 225 Å². The van der Waals surface area contributed by atoms with Crippen molar-refractivity contribution in [1.82, 2.24) is 0 Å². The molecule has 0 saturated carbocycles. The summed E-state index contributed by atoms with van der Waals surface area (Å²) in [5, 5.41) is 0. The van der Waals surface area contributed by atoms with Gasteiger partial charge in [0.2, 0.25) is 0 Å². The molecule has 0 rings (SSSR count). The molecular formula is C60H116O6. The molecule has 0 aromatic rings. The van der Waals surface area contributed by atoms with Gasteiger partial charge in [0.25, 0.3) is 0 Å². The van der Waals surface area contributed by atoms with Crippen molar-refractivity contribution in [3.63, 3.8) is 0 Å². The third-order valence-electron chi connectivity index (χ3n) is 13.7. The summed E-state index contributed by atoms with van der Waals surface area (Å²) >= 11 is 0. The van der Waals surface area contributed by atoms with Crippen molar-refractivity contribution in [2.24, 2.45) is 11.8 Å². The predicted octanol–water partition coefficient (Wildman–Crippen LogP) is 19.7. The van der Waals surface area contributed by atoms with Crippen LogP contribution in [0.1, 0.15) is 336 Å². The Morgan fingerprint density at radius 1 is 0.288 bits per heavy atom. The van der Waals surface area contributed by atoms with E-state index < -0.39 is 6.10 Å². The average molecular weight is 934 g/mol. The SMILES string of the molecule is CCCCCCCCCCCCCCC(=O)O[C@H](COC(=O)CCCCCCCCCCCCCCCCCCCCC(C)C)COC(=O)CCCCCCCCCCCCCCC(C)C.